The number of nitrogens with one attached hydrogen (secondary N) is 3. The van der Waals surface area contributed by atoms with Gasteiger partial charge in [-0.05, 0) is 56.6 Å². The number of alkyl carbamates (subject to hydrolysis) is 1. The minimum absolute atomic E-state index is 0.00775. The van der Waals surface area contributed by atoms with Crippen molar-refractivity contribution in [2.45, 2.75) is 71.4 Å². The van der Waals surface area contributed by atoms with Crippen molar-refractivity contribution in [1.82, 2.24) is 20.9 Å². The van der Waals surface area contributed by atoms with E-state index in [1.807, 2.05) is 14.0 Å². The average Bonchev–Trinajstić information content (AvgIpc) is 2.82. The summed E-state index contributed by atoms with van der Waals surface area (Å²) in [7, 11) is 4.88. The van der Waals surface area contributed by atoms with Gasteiger partial charge in [-0.15, -0.1) is 0 Å². The average molecular weight is 545 g/mol. The van der Waals surface area contributed by atoms with Gasteiger partial charge in [0.2, 0.25) is 0 Å². The summed E-state index contributed by atoms with van der Waals surface area (Å²) in [5, 5.41) is 20.5. The molecule has 0 unspecified atom stereocenters. The van der Waals surface area contributed by atoms with E-state index in [4.69, 9.17) is 11.6 Å². The lowest BCUT2D eigenvalue weighted by Crippen LogP contribution is -2.48. The minimum Gasteiger partial charge on any atom is -0.453 e. The number of halogens is 2. The molecule has 0 radical (unpaired) electrons. The van der Waals surface area contributed by atoms with Crippen LogP contribution in [0.5, 0.6) is 0 Å². The molecule has 3 amide bonds. The molecule has 10 heteroatoms. The molecule has 3 atom stereocenters. The van der Waals surface area contributed by atoms with Gasteiger partial charge < -0.3 is 30.7 Å². The zero-order chi connectivity index (χ0) is 28.2. The molecule has 0 saturated carbocycles. The third-order valence-corrected chi connectivity index (χ3v) is 6.83. The van der Waals surface area contributed by atoms with Crippen LogP contribution in [0.2, 0.25) is 5.02 Å². The molecular formula is C27H46ClFN4O4. The first-order chi connectivity index (χ1) is 17.2. The summed E-state index contributed by atoms with van der Waals surface area (Å²) >= 11 is 6.02. The van der Waals surface area contributed by atoms with Gasteiger partial charge in [0.15, 0.2) is 0 Å². The van der Waals surface area contributed by atoms with Crippen molar-refractivity contribution < 1.29 is 23.8 Å². The van der Waals surface area contributed by atoms with Crippen LogP contribution >= 0.6 is 11.6 Å². The Hall–Kier alpha value is -2.10. The summed E-state index contributed by atoms with van der Waals surface area (Å²) in [6.45, 7) is 9.72. The second-order valence-electron chi connectivity index (χ2n) is 11.0. The summed E-state index contributed by atoms with van der Waals surface area (Å²) in [6, 6.07) is 4.46. The van der Waals surface area contributed by atoms with E-state index in [2.05, 4.69) is 41.5 Å². The third-order valence-electron chi connectivity index (χ3n) is 6.54. The number of hydrogen-bond donors (Lipinski definition) is 4. The van der Waals surface area contributed by atoms with Gasteiger partial charge in [0.05, 0.1) is 17.7 Å². The Morgan fingerprint density at radius 3 is 2.51 bits per heavy atom. The predicted molar refractivity (Wildman–Crippen MR) is 146 cm³/mol. The van der Waals surface area contributed by atoms with Gasteiger partial charge in [-0.3, -0.25) is 0 Å². The largest absolute Gasteiger partial charge is 0.453 e. The number of hydrogen-bond acceptors (Lipinski definition) is 5. The minimum atomic E-state index is -1.50. The normalized spacial score (nSPS) is 14.9. The number of urea groups is 1. The Labute approximate surface area is 226 Å². The van der Waals surface area contributed by atoms with E-state index in [-0.39, 0.29) is 47.0 Å². The van der Waals surface area contributed by atoms with E-state index in [0.29, 0.717) is 32.4 Å². The Morgan fingerprint density at radius 1 is 1.24 bits per heavy atom. The molecular weight excluding hydrogens is 499 g/mol. The summed E-state index contributed by atoms with van der Waals surface area (Å²) in [6.07, 6.45) is 2.06. The van der Waals surface area contributed by atoms with Crippen molar-refractivity contribution in [3.63, 3.8) is 0 Å². The van der Waals surface area contributed by atoms with Gasteiger partial charge in [-0.2, -0.15) is 0 Å². The molecule has 1 aromatic carbocycles. The molecule has 0 saturated heterocycles. The molecule has 0 spiro atoms. The molecule has 8 nitrogen and oxygen atoms in total. The van der Waals surface area contributed by atoms with E-state index in [0.717, 1.165) is 6.42 Å². The number of carbonyl (C=O) groups is 2. The molecule has 0 aliphatic carbocycles. The molecule has 0 bridgehead atoms. The van der Waals surface area contributed by atoms with Crippen LogP contribution in [0.4, 0.5) is 14.0 Å². The van der Waals surface area contributed by atoms with Crippen LogP contribution in [0.1, 0.15) is 65.4 Å². The number of ether oxygens (including phenoxy) is 1. The fourth-order valence-electron chi connectivity index (χ4n) is 4.52. The van der Waals surface area contributed by atoms with Crippen molar-refractivity contribution >= 4 is 23.7 Å². The van der Waals surface area contributed by atoms with Gasteiger partial charge in [-0.25, -0.2) is 14.0 Å². The maximum Gasteiger partial charge on any atom is 0.406 e. The lowest BCUT2D eigenvalue weighted by atomic mass is 9.76. The van der Waals surface area contributed by atoms with E-state index < -0.39 is 17.5 Å². The molecule has 1 aromatic rings. The van der Waals surface area contributed by atoms with Gasteiger partial charge in [-0.1, -0.05) is 51.4 Å². The van der Waals surface area contributed by atoms with E-state index in [1.54, 1.807) is 24.1 Å². The number of rotatable bonds is 14. The van der Waals surface area contributed by atoms with Crippen LogP contribution in [0, 0.1) is 17.2 Å². The van der Waals surface area contributed by atoms with Crippen molar-refractivity contribution in [3.05, 3.63) is 34.6 Å². The lowest BCUT2D eigenvalue weighted by Gasteiger charge is -2.36. The molecule has 0 aliphatic rings. The van der Waals surface area contributed by atoms with Crippen LogP contribution in [-0.2, 0) is 10.3 Å². The van der Waals surface area contributed by atoms with Crippen LogP contribution < -0.4 is 16.0 Å². The zero-order valence-corrected chi connectivity index (χ0v) is 24.2. The fourth-order valence-corrected chi connectivity index (χ4v) is 4.70. The predicted octanol–water partition coefficient (Wildman–Crippen LogP) is 4.88. The first-order valence-electron chi connectivity index (χ1n) is 12.9. The van der Waals surface area contributed by atoms with Gasteiger partial charge >= 0.3 is 12.1 Å². The highest BCUT2D eigenvalue weighted by atomic mass is 35.5. The maximum absolute atomic E-state index is 15.0. The summed E-state index contributed by atoms with van der Waals surface area (Å²) < 4.78 is 19.5. The molecule has 0 fully saturated rings. The summed E-state index contributed by atoms with van der Waals surface area (Å²) in [4.78, 5) is 25.8. The number of benzene rings is 1. The monoisotopic (exact) mass is 544 g/mol. The van der Waals surface area contributed by atoms with Crippen molar-refractivity contribution in [2.75, 3.05) is 40.8 Å². The quantitative estimate of drug-likeness (QED) is 0.250. The number of nitrogens with zero attached hydrogens (tertiary/aromatic N) is 1. The molecule has 1 rings (SSSR count). The van der Waals surface area contributed by atoms with Crippen LogP contribution in [0.3, 0.4) is 0 Å². The fraction of sp³-hybridized carbons (Fsp3) is 0.704. The highest BCUT2D eigenvalue weighted by Crippen LogP contribution is 2.39. The van der Waals surface area contributed by atoms with Gasteiger partial charge in [0, 0.05) is 38.3 Å². The molecule has 4 N–H and O–H groups in total. The summed E-state index contributed by atoms with van der Waals surface area (Å²) in [5.74, 6) is -0.988. The third kappa shape index (κ3) is 11.0. The van der Waals surface area contributed by atoms with Crippen molar-refractivity contribution in [3.8, 4) is 0 Å². The van der Waals surface area contributed by atoms with Gasteiger partial charge in [0.1, 0.15) is 5.82 Å². The van der Waals surface area contributed by atoms with Crippen LogP contribution in [0.15, 0.2) is 18.2 Å². The molecule has 0 aliphatic heterocycles. The highest BCUT2D eigenvalue weighted by Gasteiger charge is 2.37. The molecule has 212 valence electrons. The topological polar surface area (TPSA) is 103 Å². The Balaban J connectivity index is 2.83. The standard InChI is InChI=1S/C27H46ClFN4O4/c1-19(11-9-16-33(6)24(34)32-20(18-30-5)17-26(2,3)4)27(36,14-10-15-31-25(35)37-7)21-12-8-13-22(28)23(21)29/h8,12-13,19-20,30,36H,9-11,14-18H2,1-7H3,(H,31,35)(H,32,34)/t19-,20-,27-/m0/s1. The first kappa shape index (κ1) is 32.9. The Kier molecular flexibility index (Phi) is 13.7. The van der Waals surface area contributed by atoms with Crippen molar-refractivity contribution in [2.24, 2.45) is 11.3 Å². The van der Waals surface area contributed by atoms with Crippen molar-refractivity contribution in [1.29, 1.82) is 0 Å². The number of methoxy groups -OCH3 is 1. The lowest BCUT2D eigenvalue weighted by molar-refractivity contribution is -0.0338. The first-order valence-corrected chi connectivity index (χ1v) is 13.3. The van der Waals surface area contributed by atoms with Crippen LogP contribution in [0.25, 0.3) is 0 Å². The van der Waals surface area contributed by atoms with Crippen LogP contribution in [-0.4, -0.2) is 69.0 Å². The molecule has 0 aromatic heterocycles. The highest BCUT2D eigenvalue weighted by molar-refractivity contribution is 6.30. The number of amides is 3. The maximum atomic E-state index is 15.0. The SMILES string of the molecule is CNC[C@H](CC(C)(C)C)NC(=O)N(C)CCC[C@H](C)[C@@](O)(CCCNC(=O)OC)c1cccc(Cl)c1F. The zero-order valence-electron chi connectivity index (χ0n) is 23.4. The Morgan fingerprint density at radius 2 is 1.92 bits per heavy atom. The van der Waals surface area contributed by atoms with E-state index in [9.17, 15) is 19.1 Å². The number of likely N-dealkylation sites (N-methyl/N-ethyl adjacent to an activating group) is 1. The summed E-state index contributed by atoms with van der Waals surface area (Å²) in [5.41, 5.74) is -1.29. The second kappa shape index (κ2) is 15.3. The smallest absolute Gasteiger partial charge is 0.406 e. The number of aliphatic hydroxyl groups is 1. The van der Waals surface area contributed by atoms with Gasteiger partial charge in [0.25, 0.3) is 0 Å². The second-order valence-corrected chi connectivity index (χ2v) is 11.4. The number of carbonyl (C=O) groups excluding carboxylic acids is 2. The molecule has 37 heavy (non-hydrogen) atoms. The Bertz CT molecular complexity index is 867. The van der Waals surface area contributed by atoms with E-state index >= 15 is 0 Å². The molecule has 0 heterocycles. The van der Waals surface area contributed by atoms with E-state index in [1.165, 1.54) is 13.2 Å².